The summed E-state index contributed by atoms with van der Waals surface area (Å²) in [6.45, 7) is 3.97. The molecule has 0 aliphatic carbocycles. The van der Waals surface area contributed by atoms with Gasteiger partial charge in [0.05, 0.1) is 52.0 Å². The lowest BCUT2D eigenvalue weighted by Gasteiger charge is -2.17. The molecule has 8 aromatic rings. The molecule has 4 aliphatic heterocycles. The summed E-state index contributed by atoms with van der Waals surface area (Å²) in [7, 11) is -7.09. The Morgan fingerprint density at radius 3 is 1.60 bits per heavy atom. The lowest BCUT2D eigenvalue weighted by molar-refractivity contribution is -0.746. The van der Waals surface area contributed by atoms with E-state index in [-0.39, 0.29) is 35.1 Å². The number of anilines is 2. The fourth-order valence-corrected chi connectivity index (χ4v) is 13.3. The van der Waals surface area contributed by atoms with Crippen molar-refractivity contribution in [3.63, 3.8) is 0 Å². The van der Waals surface area contributed by atoms with Crippen LogP contribution in [0, 0.1) is 0 Å². The number of ether oxygens (including phenoxy) is 4. The molecule has 0 spiro atoms. The van der Waals surface area contributed by atoms with E-state index in [1.165, 1.54) is 6.20 Å². The Morgan fingerprint density at radius 1 is 0.551 bits per heavy atom. The summed E-state index contributed by atoms with van der Waals surface area (Å²) in [4.78, 5) is 14.5. The molecule has 78 heavy (non-hydrogen) atoms. The average Bonchev–Trinajstić information content (AvgIpc) is 4.34. The van der Waals surface area contributed by atoms with E-state index in [0.29, 0.717) is 114 Å². The number of hydrogen-bond donors (Lipinski definition) is 4. The topological polar surface area (TPSA) is 276 Å². The summed E-state index contributed by atoms with van der Waals surface area (Å²) in [6, 6.07) is 33.2. The van der Waals surface area contributed by atoms with Crippen molar-refractivity contribution in [1.29, 1.82) is 0 Å². The zero-order chi connectivity index (χ0) is 53.4. The minimum Gasteiger partial charge on any atom is -0.382 e. The predicted molar refractivity (Wildman–Crippen MR) is 287 cm³/mol. The summed E-state index contributed by atoms with van der Waals surface area (Å²) >= 11 is 0. The minimum absolute atomic E-state index is 0.154. The Hall–Kier alpha value is -7.28. The summed E-state index contributed by atoms with van der Waals surface area (Å²) in [5.41, 5.74) is 21.3. The molecule has 0 bridgehead atoms. The van der Waals surface area contributed by atoms with E-state index < -0.39 is 36.4 Å². The van der Waals surface area contributed by atoms with Gasteiger partial charge in [0.2, 0.25) is 6.23 Å². The van der Waals surface area contributed by atoms with Gasteiger partial charge >= 0.3 is 5.82 Å². The second-order valence-electron chi connectivity index (χ2n) is 19.9. The predicted octanol–water partition coefficient (Wildman–Crippen LogP) is 6.73. The van der Waals surface area contributed by atoms with Crippen molar-refractivity contribution in [2.75, 3.05) is 51.1 Å². The third kappa shape index (κ3) is 10.7. The first kappa shape index (κ1) is 51.5. The second-order valence-corrected chi connectivity index (χ2v) is 24.3. The molecule has 4 fully saturated rings. The smallest absolute Gasteiger partial charge is 0.304 e. The van der Waals surface area contributed by atoms with Crippen LogP contribution in [0.1, 0.15) is 49.5 Å². The van der Waals surface area contributed by atoms with Gasteiger partial charge in [-0.25, -0.2) is 36.4 Å². The Balaban J connectivity index is 0.728. The first-order chi connectivity index (χ1) is 37.9. The number of rotatable bonds is 17. The van der Waals surface area contributed by atoms with Crippen molar-refractivity contribution in [2.45, 2.75) is 84.0 Å². The highest BCUT2D eigenvalue weighted by Gasteiger charge is 2.35. The Morgan fingerprint density at radius 2 is 1.05 bits per heavy atom. The zero-order valence-corrected chi connectivity index (χ0v) is 44.0. The number of benzene rings is 4. The molecule has 0 saturated carbocycles. The zero-order valence-electron chi connectivity index (χ0n) is 42.4. The van der Waals surface area contributed by atoms with Gasteiger partial charge in [-0.3, -0.25) is 11.1 Å². The highest BCUT2D eigenvalue weighted by Crippen LogP contribution is 2.35. The van der Waals surface area contributed by atoms with Crippen molar-refractivity contribution in [3.05, 3.63) is 133 Å². The molecule has 12 rings (SSSR count). The molecule has 6 N–H and O–H groups in total. The minimum atomic E-state index is -3.58. The molecular weight excluding hydrogens is 1040 g/mol. The quantitative estimate of drug-likeness (QED) is 0.0688. The molecule has 0 radical (unpaired) electrons. The molecule has 0 amide bonds. The Bertz CT molecular complexity index is 3660. The average molecular weight is 1090 g/mol. The van der Waals surface area contributed by atoms with Crippen LogP contribution in [0.5, 0.6) is 0 Å². The van der Waals surface area contributed by atoms with E-state index >= 15 is 0 Å². The maximum atomic E-state index is 13.4. The van der Waals surface area contributed by atoms with E-state index in [1.807, 2.05) is 53.2 Å². The largest absolute Gasteiger partial charge is 0.382 e. The molecule has 5 unspecified atom stereocenters. The van der Waals surface area contributed by atoms with Gasteiger partial charge in [-0.2, -0.15) is 0 Å². The molecule has 8 heterocycles. The van der Waals surface area contributed by atoms with Crippen LogP contribution in [0.3, 0.4) is 0 Å². The number of nitrogen functional groups attached to an aromatic ring is 2. The number of aromatic nitrogens is 6. The molecular formula is C56H57N10O10S2+. The summed E-state index contributed by atoms with van der Waals surface area (Å²) in [5, 5.41) is 14.7. The maximum absolute atomic E-state index is 13.4. The molecule has 22 heteroatoms. The lowest BCUT2D eigenvalue weighted by atomic mass is 10.1. The second kappa shape index (κ2) is 21.9. The number of sulfone groups is 2. The summed E-state index contributed by atoms with van der Waals surface area (Å²) in [6.07, 6.45) is 5.82. The summed E-state index contributed by atoms with van der Waals surface area (Å²) < 4.78 is 89.4. The van der Waals surface area contributed by atoms with E-state index in [1.54, 1.807) is 54.6 Å². The van der Waals surface area contributed by atoms with Crippen LogP contribution >= 0.6 is 0 Å². The maximum Gasteiger partial charge on any atom is 0.304 e. The number of nitrogens with one attached hydrogen (secondary N) is 2. The number of nitrogens with zero attached hydrogens (tertiary/aromatic N) is 6. The highest BCUT2D eigenvalue weighted by atomic mass is 32.2. The third-order valence-corrected chi connectivity index (χ3v) is 19.1. The van der Waals surface area contributed by atoms with Gasteiger partial charge in [-0.05, 0) is 61.1 Å². The highest BCUT2D eigenvalue weighted by molar-refractivity contribution is 7.92. The van der Waals surface area contributed by atoms with Crippen LogP contribution in [0.2, 0.25) is 0 Å². The monoisotopic (exact) mass is 1090 g/mol. The lowest BCUT2D eigenvalue weighted by Crippen LogP contribution is -2.44. The van der Waals surface area contributed by atoms with Crippen LogP contribution in [0.25, 0.3) is 67.9 Å². The van der Waals surface area contributed by atoms with Gasteiger partial charge in [0, 0.05) is 79.8 Å². The van der Waals surface area contributed by atoms with Gasteiger partial charge in [0.15, 0.2) is 48.4 Å². The molecule has 20 nitrogen and oxygen atoms in total. The van der Waals surface area contributed by atoms with Gasteiger partial charge in [0.25, 0.3) is 0 Å². The molecule has 4 aliphatic rings. The van der Waals surface area contributed by atoms with Crippen molar-refractivity contribution in [1.82, 2.24) is 35.9 Å². The van der Waals surface area contributed by atoms with Crippen LogP contribution in [0.4, 0.5) is 11.6 Å². The van der Waals surface area contributed by atoms with Crippen molar-refractivity contribution in [3.8, 4) is 67.9 Å². The first-order valence-corrected chi connectivity index (χ1v) is 29.0. The van der Waals surface area contributed by atoms with E-state index in [9.17, 15) is 16.8 Å². The van der Waals surface area contributed by atoms with E-state index in [4.69, 9.17) is 49.4 Å². The summed E-state index contributed by atoms with van der Waals surface area (Å²) in [5.74, 6) is 1.16. The first-order valence-electron chi connectivity index (χ1n) is 25.9. The molecule has 4 aromatic heterocycles. The van der Waals surface area contributed by atoms with Crippen molar-refractivity contribution < 1.29 is 49.4 Å². The molecule has 4 saturated heterocycles. The van der Waals surface area contributed by atoms with Gasteiger partial charge < -0.3 is 39.0 Å². The molecule has 5 atom stereocenters. The van der Waals surface area contributed by atoms with Crippen LogP contribution in [-0.4, -0.2) is 105 Å². The normalized spacial score (nSPS) is 20.7. The standard InChI is InChI=1S/C56H56N10O10S2/c57-55-53(62-47(29-61-55)38-9-13-41(14-10-38)77(67,68)43-20-23-72-32-43)49-25-45(64-75-49)36-7-3-35(4-8-36)28-60-51-17-18-52(74-51)66-30-48(39-11-15-42(16-12-39)78(69,70)44-21-24-73-33-44)63-54(56(66)58)50-26-46(65-76-50)37-5-1-34(2-6-37)27-59-40-19-22-71-31-40/h1-16,25-26,29-30,40,43-44,51-52,58-60H,17-24,27-28,31-33H2,(H2,57,61,64)/p+1. The molecule has 402 valence electrons. The fourth-order valence-electron chi connectivity index (χ4n) is 10.1. The van der Waals surface area contributed by atoms with Crippen LogP contribution in [-0.2, 0) is 51.7 Å². The van der Waals surface area contributed by atoms with Crippen molar-refractivity contribution in [2.24, 2.45) is 0 Å². The van der Waals surface area contributed by atoms with Gasteiger partial charge in [0.1, 0.15) is 29.5 Å². The fraction of sp³-hybridized carbons (Fsp3) is 0.321. The van der Waals surface area contributed by atoms with Gasteiger partial charge in [-0.15, -0.1) is 0 Å². The van der Waals surface area contributed by atoms with Gasteiger partial charge in [-0.1, -0.05) is 83.1 Å². The van der Waals surface area contributed by atoms with Crippen LogP contribution in [0.15, 0.2) is 140 Å². The number of hydrogen-bond acceptors (Lipinski definition) is 19. The Labute approximate surface area is 450 Å². The number of nitrogens with two attached hydrogens (primary N) is 2. The van der Waals surface area contributed by atoms with Crippen molar-refractivity contribution >= 4 is 31.3 Å². The SMILES string of the molecule is Nc1ncc(-c2ccc(S(=O)(=O)C3CCOC3)cc2)nc1-c1cc(-c2ccc(CNC3CCC([n+]4cc(-c5ccc(S(=O)(=O)C6CCOC6)cc5)nc(-c5cc(-c6ccc(CNC7CCOC7)cc6)no5)c4N)O3)cc2)no1. The third-order valence-electron chi connectivity index (χ3n) is 14.8. The van der Waals surface area contributed by atoms with Crippen LogP contribution < -0.4 is 26.7 Å². The Kier molecular flexibility index (Phi) is 14.4. The van der Waals surface area contributed by atoms with E-state index in [2.05, 4.69) is 38.1 Å². The van der Waals surface area contributed by atoms with E-state index in [0.717, 1.165) is 48.4 Å². The molecule has 4 aromatic carbocycles.